The maximum Gasteiger partial charge on any atom is 0.175 e. The van der Waals surface area contributed by atoms with E-state index in [0.717, 1.165) is 6.07 Å². The van der Waals surface area contributed by atoms with Crippen molar-refractivity contribution in [3.05, 3.63) is 42.2 Å². The summed E-state index contributed by atoms with van der Waals surface area (Å²) in [5, 5.41) is 8.95. The third-order valence-electron chi connectivity index (χ3n) is 1.64. The normalized spacial score (nSPS) is 9.69. The summed E-state index contributed by atoms with van der Waals surface area (Å²) in [5.74, 6) is -2.53. The second kappa shape index (κ2) is 3.39. The lowest BCUT2D eigenvalue weighted by Crippen LogP contribution is -1.90. The van der Waals surface area contributed by atoms with Crippen LogP contribution in [0.25, 0.3) is 11.9 Å². The highest BCUT2D eigenvalue weighted by molar-refractivity contribution is 5.70. The van der Waals surface area contributed by atoms with Crippen LogP contribution in [0, 0.1) is 5.82 Å². The first-order valence-electron chi connectivity index (χ1n) is 3.56. The van der Waals surface area contributed by atoms with Crippen molar-refractivity contribution >= 4 is 11.9 Å². The van der Waals surface area contributed by atoms with Gasteiger partial charge in [-0.05, 0) is 11.6 Å². The van der Waals surface area contributed by atoms with Crippen LogP contribution in [0.15, 0.2) is 25.3 Å². The Bertz CT molecular complexity index is 369. The predicted octanol–water partition coefficient (Wildman–Crippen LogP) is 3.11. The molecular weight excluding hydrogens is 174 g/mol. The van der Waals surface area contributed by atoms with E-state index in [4.69, 9.17) is 5.11 Å². The Labute approximate surface area is 74.6 Å². The third kappa shape index (κ3) is 1.59. The minimum absolute atomic E-state index is 0.266. The zero-order valence-corrected chi connectivity index (χ0v) is 6.85. The van der Waals surface area contributed by atoms with Crippen molar-refractivity contribution in [2.45, 2.75) is 0 Å². The quantitative estimate of drug-likeness (QED) is 0.745. The molecule has 1 nitrogen and oxygen atoms in total. The number of phenolic OH excluding ortho intramolecular Hbond substituents is 1. The van der Waals surface area contributed by atoms with E-state index in [1.54, 1.807) is 0 Å². The van der Waals surface area contributed by atoms with E-state index in [-0.39, 0.29) is 11.1 Å². The summed E-state index contributed by atoms with van der Waals surface area (Å²) in [6, 6.07) is 2.50. The third-order valence-corrected chi connectivity index (χ3v) is 1.64. The molecule has 0 aliphatic carbocycles. The minimum Gasteiger partial charge on any atom is -0.505 e. The van der Waals surface area contributed by atoms with Crippen LogP contribution < -0.4 is 0 Å². The van der Waals surface area contributed by atoms with Gasteiger partial charge in [0.25, 0.3) is 0 Å². The molecule has 0 unspecified atom stereocenters. The fraction of sp³-hybridized carbons (Fsp3) is 0. The van der Waals surface area contributed by atoms with E-state index in [1.807, 2.05) is 0 Å². The Morgan fingerprint density at radius 1 is 1.46 bits per heavy atom. The summed E-state index contributed by atoms with van der Waals surface area (Å²) in [6.45, 7) is 6.36. The lowest BCUT2D eigenvalue weighted by Gasteiger charge is -2.05. The van der Waals surface area contributed by atoms with Gasteiger partial charge in [0.15, 0.2) is 11.6 Å². The SMILES string of the molecule is C=Cc1ccc(O)c(F)c1C(=C)F. The summed E-state index contributed by atoms with van der Waals surface area (Å²) in [7, 11) is 0. The summed E-state index contributed by atoms with van der Waals surface area (Å²) >= 11 is 0. The largest absolute Gasteiger partial charge is 0.505 e. The fourth-order valence-electron chi connectivity index (χ4n) is 1.03. The highest BCUT2D eigenvalue weighted by Crippen LogP contribution is 2.28. The highest BCUT2D eigenvalue weighted by atomic mass is 19.1. The summed E-state index contributed by atoms with van der Waals surface area (Å²) in [4.78, 5) is 0. The molecule has 0 radical (unpaired) electrons. The maximum absolute atomic E-state index is 13.1. The van der Waals surface area contributed by atoms with Gasteiger partial charge in [0.1, 0.15) is 5.83 Å². The molecule has 0 fully saturated rings. The lowest BCUT2D eigenvalue weighted by molar-refractivity contribution is 0.430. The standard InChI is InChI=1S/C10H8F2O/c1-3-7-4-5-8(13)10(12)9(7)6(2)11/h3-5,13H,1-2H2. The Balaban J connectivity index is 3.50. The Hall–Kier alpha value is -1.64. The molecule has 0 atom stereocenters. The van der Waals surface area contributed by atoms with Gasteiger partial charge in [0.05, 0.1) is 5.56 Å². The number of phenols is 1. The van der Waals surface area contributed by atoms with Crippen LogP contribution >= 0.6 is 0 Å². The van der Waals surface area contributed by atoms with E-state index in [9.17, 15) is 8.78 Å². The molecule has 68 valence electrons. The van der Waals surface area contributed by atoms with Gasteiger partial charge in [-0.15, -0.1) is 0 Å². The van der Waals surface area contributed by atoms with E-state index in [2.05, 4.69) is 13.2 Å². The van der Waals surface area contributed by atoms with E-state index in [1.165, 1.54) is 12.1 Å². The summed E-state index contributed by atoms with van der Waals surface area (Å²) in [6.07, 6.45) is 1.29. The number of hydrogen-bond acceptors (Lipinski definition) is 1. The monoisotopic (exact) mass is 182 g/mol. The summed E-state index contributed by atoms with van der Waals surface area (Å²) < 4.78 is 25.8. The Morgan fingerprint density at radius 3 is 2.54 bits per heavy atom. The second-order valence-electron chi connectivity index (χ2n) is 2.47. The van der Waals surface area contributed by atoms with E-state index >= 15 is 0 Å². The van der Waals surface area contributed by atoms with Gasteiger partial charge in [0, 0.05) is 0 Å². The minimum atomic E-state index is -1.01. The topological polar surface area (TPSA) is 20.2 Å². The van der Waals surface area contributed by atoms with Crippen LogP contribution in [0.1, 0.15) is 11.1 Å². The number of aromatic hydroxyl groups is 1. The van der Waals surface area contributed by atoms with Gasteiger partial charge >= 0.3 is 0 Å². The van der Waals surface area contributed by atoms with Crippen molar-refractivity contribution in [3.8, 4) is 5.75 Å². The molecular formula is C10H8F2O. The van der Waals surface area contributed by atoms with Crippen molar-refractivity contribution in [1.82, 2.24) is 0 Å². The van der Waals surface area contributed by atoms with E-state index < -0.39 is 17.4 Å². The van der Waals surface area contributed by atoms with Gasteiger partial charge in [-0.1, -0.05) is 25.3 Å². The molecule has 0 aliphatic rings. The van der Waals surface area contributed by atoms with Gasteiger partial charge in [-0.25, -0.2) is 8.78 Å². The van der Waals surface area contributed by atoms with Crippen LogP contribution in [0.2, 0.25) is 0 Å². The van der Waals surface area contributed by atoms with Crippen LogP contribution in [0.3, 0.4) is 0 Å². The smallest absolute Gasteiger partial charge is 0.175 e. The molecule has 0 bridgehead atoms. The van der Waals surface area contributed by atoms with Gasteiger partial charge in [-0.3, -0.25) is 0 Å². The van der Waals surface area contributed by atoms with Gasteiger partial charge in [-0.2, -0.15) is 0 Å². The molecule has 0 saturated carbocycles. The molecule has 0 saturated heterocycles. The first-order chi connectivity index (χ1) is 6.07. The number of halogens is 2. The number of benzene rings is 1. The molecule has 1 rings (SSSR count). The zero-order valence-electron chi connectivity index (χ0n) is 6.85. The van der Waals surface area contributed by atoms with Crippen LogP contribution in [-0.2, 0) is 0 Å². The molecule has 0 aromatic heterocycles. The molecule has 1 aromatic rings. The molecule has 0 amide bonds. The van der Waals surface area contributed by atoms with Crippen LogP contribution in [0.5, 0.6) is 5.75 Å². The average Bonchev–Trinajstić information content (AvgIpc) is 2.08. The van der Waals surface area contributed by atoms with Crippen molar-refractivity contribution < 1.29 is 13.9 Å². The Kier molecular flexibility index (Phi) is 2.46. The Morgan fingerprint density at radius 2 is 2.08 bits per heavy atom. The summed E-state index contributed by atoms with van der Waals surface area (Å²) in [5.41, 5.74) is -0.0715. The predicted molar refractivity (Wildman–Crippen MR) is 48.3 cm³/mol. The van der Waals surface area contributed by atoms with Crippen molar-refractivity contribution in [3.63, 3.8) is 0 Å². The van der Waals surface area contributed by atoms with Crippen LogP contribution in [0.4, 0.5) is 8.78 Å². The molecule has 1 aromatic carbocycles. The molecule has 1 N–H and O–H groups in total. The number of hydrogen-bond donors (Lipinski definition) is 1. The maximum atomic E-state index is 13.1. The molecule has 13 heavy (non-hydrogen) atoms. The van der Waals surface area contributed by atoms with Crippen molar-refractivity contribution in [2.24, 2.45) is 0 Å². The lowest BCUT2D eigenvalue weighted by atomic mass is 10.1. The molecule has 0 heterocycles. The fourth-order valence-corrected chi connectivity index (χ4v) is 1.03. The first-order valence-corrected chi connectivity index (χ1v) is 3.56. The average molecular weight is 182 g/mol. The molecule has 0 spiro atoms. The van der Waals surface area contributed by atoms with Crippen LogP contribution in [-0.4, -0.2) is 5.11 Å². The van der Waals surface area contributed by atoms with Gasteiger partial charge in [0.2, 0.25) is 0 Å². The number of rotatable bonds is 2. The zero-order chi connectivity index (χ0) is 10.0. The van der Waals surface area contributed by atoms with Crippen molar-refractivity contribution in [2.75, 3.05) is 0 Å². The van der Waals surface area contributed by atoms with E-state index in [0.29, 0.717) is 0 Å². The first kappa shape index (κ1) is 9.45. The van der Waals surface area contributed by atoms with Gasteiger partial charge < -0.3 is 5.11 Å². The second-order valence-corrected chi connectivity index (χ2v) is 2.47. The van der Waals surface area contributed by atoms with Crippen molar-refractivity contribution in [1.29, 1.82) is 0 Å². The highest BCUT2D eigenvalue weighted by Gasteiger charge is 2.13. The molecule has 0 aliphatic heterocycles. The molecule has 3 heteroatoms.